The van der Waals surface area contributed by atoms with Crippen LogP contribution in [0.15, 0.2) is 72.9 Å². The standard InChI is InChI=1S/C36H61NO3/c1-3-5-7-9-10-11-12-13-14-15-16-17-18-19-20-21-22-23-24-25-26-28-30-32-36(40)37-34(33-38)35(39)31-29-27-8-6-4-2/h5,7,10-11,13-14,16-17,19-20,22-23,34-35,38-39H,3-4,6,8-9,12,15,18,21,24-33H2,1-2H3,(H,37,40)/b7-5-,11-10-,14-13-,17-16-,20-19-,23-22-. The first kappa shape index (κ1) is 37.8. The van der Waals surface area contributed by atoms with Gasteiger partial charge in [-0.25, -0.2) is 0 Å². The van der Waals surface area contributed by atoms with Gasteiger partial charge in [0.2, 0.25) is 5.91 Å². The number of amides is 1. The molecule has 3 N–H and O–H groups in total. The second-order valence-corrected chi connectivity index (χ2v) is 10.5. The molecule has 0 saturated heterocycles. The van der Waals surface area contributed by atoms with Crippen LogP contribution in [0.1, 0.15) is 129 Å². The van der Waals surface area contributed by atoms with E-state index in [0.717, 1.165) is 83.5 Å². The van der Waals surface area contributed by atoms with Crippen molar-refractivity contribution in [1.29, 1.82) is 0 Å². The number of unbranched alkanes of at least 4 members (excludes halogenated alkanes) is 8. The second-order valence-electron chi connectivity index (χ2n) is 10.5. The van der Waals surface area contributed by atoms with Crippen LogP contribution in [-0.4, -0.2) is 34.9 Å². The van der Waals surface area contributed by atoms with Gasteiger partial charge in [-0.15, -0.1) is 0 Å². The summed E-state index contributed by atoms with van der Waals surface area (Å²) in [6.07, 6.45) is 44.0. The highest BCUT2D eigenvalue weighted by atomic mass is 16.3. The average Bonchev–Trinajstić information content (AvgIpc) is 2.96. The Morgan fingerprint density at radius 3 is 1.62 bits per heavy atom. The zero-order valence-electron chi connectivity index (χ0n) is 25.8. The Kier molecular flexibility index (Phi) is 29.7. The lowest BCUT2D eigenvalue weighted by molar-refractivity contribution is -0.123. The highest BCUT2D eigenvalue weighted by molar-refractivity contribution is 5.76. The highest BCUT2D eigenvalue weighted by Crippen LogP contribution is 2.11. The maximum absolute atomic E-state index is 12.2. The van der Waals surface area contributed by atoms with Gasteiger partial charge < -0.3 is 15.5 Å². The lowest BCUT2D eigenvalue weighted by Gasteiger charge is -2.22. The van der Waals surface area contributed by atoms with E-state index in [2.05, 4.69) is 92.1 Å². The minimum atomic E-state index is -0.669. The number of hydrogen-bond donors (Lipinski definition) is 3. The van der Waals surface area contributed by atoms with E-state index in [1.165, 1.54) is 19.3 Å². The third kappa shape index (κ3) is 27.4. The van der Waals surface area contributed by atoms with Gasteiger partial charge in [0, 0.05) is 6.42 Å². The molecule has 2 atom stereocenters. The molecule has 0 aromatic heterocycles. The fourth-order valence-electron chi connectivity index (χ4n) is 4.24. The smallest absolute Gasteiger partial charge is 0.220 e. The SMILES string of the molecule is CC/C=C\C/C=C\C/C=C\C/C=C\C/C=C\C/C=C\CCCCCCC(=O)NC(CO)C(O)CCCCCCC. The molecule has 228 valence electrons. The normalized spacial score (nSPS) is 14.2. The molecule has 0 aliphatic carbocycles. The van der Waals surface area contributed by atoms with Crippen LogP contribution in [0, 0.1) is 0 Å². The van der Waals surface area contributed by atoms with Gasteiger partial charge in [-0.2, -0.15) is 0 Å². The van der Waals surface area contributed by atoms with Crippen LogP contribution in [-0.2, 0) is 4.79 Å². The van der Waals surface area contributed by atoms with Crippen LogP contribution in [0.2, 0.25) is 0 Å². The summed E-state index contributed by atoms with van der Waals surface area (Å²) >= 11 is 0. The summed E-state index contributed by atoms with van der Waals surface area (Å²) in [5, 5.41) is 22.6. The number of hydrogen-bond acceptors (Lipinski definition) is 3. The van der Waals surface area contributed by atoms with Gasteiger partial charge >= 0.3 is 0 Å². The molecule has 4 nitrogen and oxygen atoms in total. The van der Waals surface area contributed by atoms with Crippen LogP contribution in [0.3, 0.4) is 0 Å². The molecule has 0 fully saturated rings. The van der Waals surface area contributed by atoms with Crippen molar-refractivity contribution >= 4 is 5.91 Å². The van der Waals surface area contributed by atoms with E-state index in [0.29, 0.717) is 12.8 Å². The van der Waals surface area contributed by atoms with Crippen molar-refractivity contribution in [2.75, 3.05) is 6.61 Å². The van der Waals surface area contributed by atoms with E-state index in [-0.39, 0.29) is 12.5 Å². The Morgan fingerprint density at radius 1 is 0.625 bits per heavy atom. The van der Waals surface area contributed by atoms with Crippen molar-refractivity contribution in [2.45, 2.75) is 142 Å². The van der Waals surface area contributed by atoms with Crippen molar-refractivity contribution in [3.05, 3.63) is 72.9 Å². The molecule has 0 spiro atoms. The molecular weight excluding hydrogens is 494 g/mol. The molecule has 0 radical (unpaired) electrons. The number of allylic oxidation sites excluding steroid dienone is 12. The molecule has 0 rings (SSSR count). The van der Waals surface area contributed by atoms with Gasteiger partial charge in [0.05, 0.1) is 18.8 Å². The fourth-order valence-corrected chi connectivity index (χ4v) is 4.24. The van der Waals surface area contributed by atoms with E-state index in [4.69, 9.17) is 0 Å². The van der Waals surface area contributed by atoms with Crippen LogP contribution in [0.5, 0.6) is 0 Å². The second kappa shape index (κ2) is 31.4. The first-order chi connectivity index (χ1) is 19.7. The Morgan fingerprint density at radius 2 is 1.10 bits per heavy atom. The summed E-state index contributed by atoms with van der Waals surface area (Å²) in [4.78, 5) is 12.2. The third-order valence-electron chi connectivity index (χ3n) is 6.73. The molecule has 0 aromatic carbocycles. The van der Waals surface area contributed by atoms with Crippen LogP contribution in [0.4, 0.5) is 0 Å². The van der Waals surface area contributed by atoms with E-state index in [1.807, 2.05) is 0 Å². The molecule has 0 saturated carbocycles. The fraction of sp³-hybridized carbons (Fsp3) is 0.639. The Labute approximate surface area is 247 Å². The molecule has 1 amide bonds. The first-order valence-corrected chi connectivity index (χ1v) is 16.1. The number of aliphatic hydroxyl groups excluding tert-OH is 2. The van der Waals surface area contributed by atoms with E-state index in [9.17, 15) is 15.0 Å². The van der Waals surface area contributed by atoms with Gasteiger partial charge in [-0.1, -0.05) is 132 Å². The number of nitrogens with one attached hydrogen (secondary N) is 1. The minimum Gasteiger partial charge on any atom is -0.394 e. The summed E-state index contributed by atoms with van der Waals surface area (Å²) < 4.78 is 0. The van der Waals surface area contributed by atoms with Gasteiger partial charge in [0.1, 0.15) is 0 Å². The van der Waals surface area contributed by atoms with Crippen molar-refractivity contribution in [1.82, 2.24) is 5.32 Å². The van der Waals surface area contributed by atoms with Crippen LogP contribution < -0.4 is 5.32 Å². The third-order valence-corrected chi connectivity index (χ3v) is 6.73. The first-order valence-electron chi connectivity index (χ1n) is 16.1. The van der Waals surface area contributed by atoms with Crippen molar-refractivity contribution < 1.29 is 15.0 Å². The number of rotatable bonds is 27. The molecule has 0 aliphatic rings. The Hall–Kier alpha value is -2.17. The number of carbonyl (C=O) groups is 1. The van der Waals surface area contributed by atoms with Gasteiger partial charge in [0.25, 0.3) is 0 Å². The molecule has 0 aromatic rings. The monoisotopic (exact) mass is 555 g/mol. The maximum Gasteiger partial charge on any atom is 0.220 e. The predicted molar refractivity (Wildman–Crippen MR) is 174 cm³/mol. The molecular formula is C36H61NO3. The number of carbonyl (C=O) groups excluding carboxylic acids is 1. The quantitative estimate of drug-likeness (QED) is 0.0699. The van der Waals surface area contributed by atoms with E-state index in [1.54, 1.807) is 0 Å². The molecule has 4 heteroatoms. The van der Waals surface area contributed by atoms with Crippen LogP contribution in [0.25, 0.3) is 0 Å². The molecule has 40 heavy (non-hydrogen) atoms. The number of aliphatic hydroxyl groups is 2. The average molecular weight is 556 g/mol. The summed E-state index contributed by atoms with van der Waals surface area (Å²) in [7, 11) is 0. The van der Waals surface area contributed by atoms with E-state index >= 15 is 0 Å². The zero-order chi connectivity index (χ0) is 29.4. The summed E-state index contributed by atoms with van der Waals surface area (Å²) in [6.45, 7) is 4.12. The van der Waals surface area contributed by atoms with E-state index < -0.39 is 12.1 Å². The van der Waals surface area contributed by atoms with Gasteiger partial charge in [-0.3, -0.25) is 4.79 Å². The van der Waals surface area contributed by atoms with Gasteiger partial charge in [-0.05, 0) is 64.2 Å². The highest BCUT2D eigenvalue weighted by Gasteiger charge is 2.19. The van der Waals surface area contributed by atoms with Crippen LogP contribution >= 0.6 is 0 Å². The molecule has 0 heterocycles. The summed E-state index contributed by atoms with van der Waals surface area (Å²) in [5.74, 6) is -0.0685. The Bertz CT molecular complexity index is 732. The molecule has 2 unspecified atom stereocenters. The molecule has 0 bridgehead atoms. The topological polar surface area (TPSA) is 69.6 Å². The van der Waals surface area contributed by atoms with Crippen molar-refractivity contribution in [3.63, 3.8) is 0 Å². The zero-order valence-corrected chi connectivity index (χ0v) is 25.8. The van der Waals surface area contributed by atoms with Crippen molar-refractivity contribution in [3.8, 4) is 0 Å². The lowest BCUT2D eigenvalue weighted by Crippen LogP contribution is -2.45. The maximum atomic E-state index is 12.2. The van der Waals surface area contributed by atoms with Crippen molar-refractivity contribution in [2.24, 2.45) is 0 Å². The largest absolute Gasteiger partial charge is 0.394 e. The predicted octanol–water partition coefficient (Wildman–Crippen LogP) is 9.22. The minimum absolute atomic E-state index is 0.0685. The Balaban J connectivity index is 3.68. The van der Waals surface area contributed by atoms with Gasteiger partial charge in [0.15, 0.2) is 0 Å². The lowest BCUT2D eigenvalue weighted by atomic mass is 10.0. The summed E-state index contributed by atoms with van der Waals surface area (Å²) in [6, 6.07) is -0.549. The summed E-state index contributed by atoms with van der Waals surface area (Å²) in [5.41, 5.74) is 0. The molecule has 0 aliphatic heterocycles.